The van der Waals surface area contributed by atoms with Crippen LogP contribution < -0.4 is 0 Å². The maximum atomic E-state index is 2.53. The van der Waals surface area contributed by atoms with Crippen molar-refractivity contribution in [2.45, 2.75) is 38.0 Å². The summed E-state index contributed by atoms with van der Waals surface area (Å²) in [5.41, 5.74) is 3.11. The third-order valence-corrected chi connectivity index (χ3v) is 6.55. The molecule has 4 bridgehead atoms. The smallest absolute Gasteiger partial charge is 0.00608 e. The third kappa shape index (κ3) is 1.46. The average Bonchev–Trinajstić information content (AvgIpc) is 2.82. The summed E-state index contributed by atoms with van der Waals surface area (Å²) < 4.78 is 0. The molecule has 0 radical (unpaired) electrons. The van der Waals surface area contributed by atoms with Crippen molar-refractivity contribution in [2.75, 3.05) is 0 Å². The Hall–Kier alpha value is -1.04. The van der Waals surface area contributed by atoms with Gasteiger partial charge in [0.05, 0.1) is 0 Å². The van der Waals surface area contributed by atoms with Gasteiger partial charge in [-0.3, -0.25) is 0 Å². The molecule has 0 aromatic heterocycles. The van der Waals surface area contributed by atoms with E-state index in [1.54, 1.807) is 37.7 Å². The van der Waals surface area contributed by atoms with Crippen LogP contribution in [0, 0.1) is 29.6 Å². The standard InChI is InChI=1S/C19H22/c1-2-4-17-14(3-1)5-6-18(17)19-15-8-12-7-13(10-15)11-16(19)9-12/h1-6,12-13,15-16,18-19H,7-11H2. The van der Waals surface area contributed by atoms with Gasteiger partial charge in [0.15, 0.2) is 0 Å². The molecule has 98 valence electrons. The summed E-state index contributed by atoms with van der Waals surface area (Å²) in [6.45, 7) is 0. The van der Waals surface area contributed by atoms with Gasteiger partial charge in [0.1, 0.15) is 0 Å². The molecule has 0 saturated heterocycles. The lowest BCUT2D eigenvalue weighted by Gasteiger charge is -2.56. The molecule has 1 unspecified atom stereocenters. The summed E-state index contributed by atoms with van der Waals surface area (Å²) in [6.07, 6.45) is 12.7. The predicted octanol–water partition coefficient (Wildman–Crippen LogP) is 4.87. The minimum Gasteiger partial charge on any atom is -0.0761 e. The zero-order valence-electron chi connectivity index (χ0n) is 11.5. The summed E-state index contributed by atoms with van der Waals surface area (Å²) in [5.74, 6) is 5.98. The number of hydrogen-bond donors (Lipinski definition) is 0. The molecule has 0 N–H and O–H groups in total. The van der Waals surface area contributed by atoms with Gasteiger partial charge in [-0.15, -0.1) is 0 Å². The van der Waals surface area contributed by atoms with E-state index in [4.69, 9.17) is 0 Å². The second-order valence-corrected chi connectivity index (χ2v) is 7.52. The quantitative estimate of drug-likeness (QED) is 0.667. The molecule has 1 aromatic rings. The van der Waals surface area contributed by atoms with E-state index in [9.17, 15) is 0 Å². The average molecular weight is 250 g/mol. The topological polar surface area (TPSA) is 0 Å². The summed E-state index contributed by atoms with van der Waals surface area (Å²) >= 11 is 0. The Morgan fingerprint density at radius 2 is 1.47 bits per heavy atom. The van der Waals surface area contributed by atoms with Gasteiger partial charge in [-0.1, -0.05) is 36.4 Å². The molecule has 0 heterocycles. The highest BCUT2D eigenvalue weighted by atomic mass is 14.6. The Labute approximate surface area is 115 Å². The Morgan fingerprint density at radius 1 is 0.789 bits per heavy atom. The third-order valence-electron chi connectivity index (χ3n) is 6.55. The Morgan fingerprint density at radius 3 is 2.21 bits per heavy atom. The molecule has 0 nitrogen and oxygen atoms in total. The van der Waals surface area contributed by atoms with Gasteiger partial charge in [0.2, 0.25) is 0 Å². The second kappa shape index (κ2) is 3.75. The molecular weight excluding hydrogens is 228 g/mol. The predicted molar refractivity (Wildman–Crippen MR) is 78.8 cm³/mol. The van der Waals surface area contributed by atoms with E-state index in [2.05, 4.69) is 36.4 Å². The number of allylic oxidation sites excluding steroid dienone is 1. The highest BCUT2D eigenvalue weighted by Gasteiger charge is 2.50. The molecule has 1 aromatic carbocycles. The molecule has 19 heavy (non-hydrogen) atoms. The first kappa shape index (κ1) is 10.7. The molecule has 0 heteroatoms. The number of benzene rings is 1. The summed E-state index contributed by atoms with van der Waals surface area (Å²) in [4.78, 5) is 0. The van der Waals surface area contributed by atoms with Crippen LogP contribution >= 0.6 is 0 Å². The fourth-order valence-corrected chi connectivity index (χ4v) is 6.17. The number of hydrogen-bond acceptors (Lipinski definition) is 0. The number of rotatable bonds is 1. The van der Waals surface area contributed by atoms with Crippen LogP contribution in [0.4, 0.5) is 0 Å². The first-order chi connectivity index (χ1) is 9.38. The van der Waals surface area contributed by atoms with E-state index in [1.165, 1.54) is 5.56 Å². The highest BCUT2D eigenvalue weighted by Crippen LogP contribution is 2.60. The largest absolute Gasteiger partial charge is 0.0761 e. The summed E-state index contributed by atoms with van der Waals surface area (Å²) in [6, 6.07) is 9.09. The van der Waals surface area contributed by atoms with Gasteiger partial charge < -0.3 is 0 Å². The fraction of sp³-hybridized carbons (Fsp3) is 0.579. The molecule has 6 rings (SSSR count). The van der Waals surface area contributed by atoms with Crippen molar-refractivity contribution in [2.24, 2.45) is 29.6 Å². The van der Waals surface area contributed by atoms with Gasteiger partial charge in [-0.25, -0.2) is 0 Å². The lowest BCUT2D eigenvalue weighted by Crippen LogP contribution is -2.46. The Bertz CT molecular complexity index is 511. The van der Waals surface area contributed by atoms with E-state index in [-0.39, 0.29) is 0 Å². The first-order valence-electron chi connectivity index (χ1n) is 8.15. The minimum atomic E-state index is 0.742. The van der Waals surface area contributed by atoms with E-state index in [0.29, 0.717) is 0 Å². The fourth-order valence-electron chi connectivity index (χ4n) is 6.17. The van der Waals surface area contributed by atoms with Gasteiger partial charge in [-0.2, -0.15) is 0 Å². The lowest BCUT2D eigenvalue weighted by molar-refractivity contribution is -0.0417. The van der Waals surface area contributed by atoms with Gasteiger partial charge in [-0.05, 0) is 72.8 Å². The van der Waals surface area contributed by atoms with Crippen LogP contribution in [0.25, 0.3) is 6.08 Å². The van der Waals surface area contributed by atoms with Crippen LogP contribution in [0.1, 0.15) is 49.1 Å². The monoisotopic (exact) mass is 250 g/mol. The maximum absolute atomic E-state index is 2.53. The lowest BCUT2D eigenvalue weighted by atomic mass is 9.49. The summed E-state index contributed by atoms with van der Waals surface area (Å²) in [7, 11) is 0. The SMILES string of the molecule is C1=CC(C2C3CC4CC(C3)CC2C4)c2ccccc21. The Kier molecular flexibility index (Phi) is 2.11. The van der Waals surface area contributed by atoms with Gasteiger partial charge >= 0.3 is 0 Å². The van der Waals surface area contributed by atoms with Gasteiger partial charge in [0.25, 0.3) is 0 Å². The highest BCUT2D eigenvalue weighted by molar-refractivity contribution is 5.62. The van der Waals surface area contributed by atoms with E-state index < -0.39 is 0 Å². The van der Waals surface area contributed by atoms with Crippen molar-refractivity contribution in [3.05, 3.63) is 41.5 Å². The van der Waals surface area contributed by atoms with Crippen LogP contribution in [0.3, 0.4) is 0 Å². The van der Waals surface area contributed by atoms with Crippen molar-refractivity contribution in [1.82, 2.24) is 0 Å². The summed E-state index contributed by atoms with van der Waals surface area (Å²) in [5, 5.41) is 0. The van der Waals surface area contributed by atoms with Crippen molar-refractivity contribution in [3.8, 4) is 0 Å². The van der Waals surface area contributed by atoms with Crippen molar-refractivity contribution in [1.29, 1.82) is 0 Å². The van der Waals surface area contributed by atoms with Crippen LogP contribution in [-0.4, -0.2) is 0 Å². The number of fused-ring (bicyclic) bond motifs is 1. The molecule has 5 aliphatic carbocycles. The zero-order valence-corrected chi connectivity index (χ0v) is 11.5. The van der Waals surface area contributed by atoms with Crippen molar-refractivity contribution >= 4 is 6.08 Å². The van der Waals surface area contributed by atoms with Crippen LogP contribution in [-0.2, 0) is 0 Å². The molecule has 5 aliphatic rings. The molecule has 0 spiro atoms. The van der Waals surface area contributed by atoms with Crippen molar-refractivity contribution in [3.63, 3.8) is 0 Å². The molecule has 1 atom stereocenters. The molecule has 4 fully saturated rings. The van der Waals surface area contributed by atoms with E-state index >= 15 is 0 Å². The molecular formula is C19H22. The molecule has 0 aliphatic heterocycles. The zero-order chi connectivity index (χ0) is 12.4. The second-order valence-electron chi connectivity index (χ2n) is 7.52. The van der Waals surface area contributed by atoms with Gasteiger partial charge in [0, 0.05) is 5.92 Å². The van der Waals surface area contributed by atoms with Crippen molar-refractivity contribution < 1.29 is 0 Å². The van der Waals surface area contributed by atoms with Crippen LogP contribution in [0.2, 0.25) is 0 Å². The maximum Gasteiger partial charge on any atom is 0.00608 e. The Balaban J connectivity index is 1.53. The van der Waals surface area contributed by atoms with Crippen LogP contribution in [0.15, 0.2) is 30.3 Å². The van der Waals surface area contributed by atoms with Crippen LogP contribution in [0.5, 0.6) is 0 Å². The van der Waals surface area contributed by atoms with E-state index in [1.807, 2.05) is 0 Å². The minimum absolute atomic E-state index is 0.742. The molecule has 0 amide bonds. The van der Waals surface area contributed by atoms with E-state index in [0.717, 1.165) is 35.5 Å². The molecule has 4 saturated carbocycles. The normalized spacial score (nSPS) is 45.7. The first-order valence-corrected chi connectivity index (χ1v) is 8.15.